The number of benzene rings is 1. The van der Waals surface area contributed by atoms with E-state index < -0.39 is 0 Å². The normalized spacial score (nSPS) is 10.2. The van der Waals surface area contributed by atoms with E-state index >= 15 is 0 Å². The highest BCUT2D eigenvalue weighted by molar-refractivity contribution is 9.10. The second-order valence-electron chi connectivity index (χ2n) is 3.57. The number of ether oxygens (including phenoxy) is 1. The Labute approximate surface area is 109 Å². The van der Waals surface area contributed by atoms with Crippen LogP contribution in [0.5, 0.6) is 5.75 Å². The number of hydrogen-bond acceptors (Lipinski definition) is 3. The van der Waals surface area contributed by atoms with Crippen LogP contribution in [0.25, 0.3) is 0 Å². The van der Waals surface area contributed by atoms with Crippen LogP contribution in [0.2, 0.25) is 0 Å². The number of pyridine rings is 1. The Hall–Kier alpha value is -1.39. The third-order valence-corrected chi connectivity index (χ3v) is 2.84. The molecule has 88 valence electrons. The van der Waals surface area contributed by atoms with Crippen molar-refractivity contribution in [2.24, 2.45) is 5.73 Å². The van der Waals surface area contributed by atoms with Crippen molar-refractivity contribution in [3.8, 4) is 5.75 Å². The molecule has 0 unspecified atom stereocenters. The van der Waals surface area contributed by atoms with E-state index in [0.29, 0.717) is 13.2 Å². The van der Waals surface area contributed by atoms with Gasteiger partial charge >= 0.3 is 0 Å². The van der Waals surface area contributed by atoms with Gasteiger partial charge in [0.1, 0.15) is 12.4 Å². The van der Waals surface area contributed by atoms with Crippen LogP contribution in [0.15, 0.2) is 47.1 Å². The Balaban J connectivity index is 2.09. The molecule has 0 spiro atoms. The minimum absolute atomic E-state index is 0.454. The van der Waals surface area contributed by atoms with Crippen molar-refractivity contribution in [1.29, 1.82) is 0 Å². The molecule has 17 heavy (non-hydrogen) atoms. The lowest BCUT2D eigenvalue weighted by Gasteiger charge is -2.10. The van der Waals surface area contributed by atoms with Gasteiger partial charge in [-0.3, -0.25) is 4.98 Å². The molecule has 0 aliphatic carbocycles. The highest BCUT2D eigenvalue weighted by atomic mass is 79.9. The Morgan fingerprint density at radius 2 is 2.12 bits per heavy atom. The smallest absolute Gasteiger partial charge is 0.130 e. The van der Waals surface area contributed by atoms with Crippen molar-refractivity contribution in [1.82, 2.24) is 4.98 Å². The topological polar surface area (TPSA) is 48.1 Å². The predicted molar refractivity (Wildman–Crippen MR) is 70.6 cm³/mol. The van der Waals surface area contributed by atoms with Crippen LogP contribution in [-0.2, 0) is 13.2 Å². The molecule has 0 bridgehead atoms. The summed E-state index contributed by atoms with van der Waals surface area (Å²) in [5.41, 5.74) is 7.56. The highest BCUT2D eigenvalue weighted by Gasteiger charge is 2.03. The first kappa shape index (κ1) is 12.1. The highest BCUT2D eigenvalue weighted by Crippen LogP contribution is 2.23. The minimum atomic E-state index is 0.454. The first-order valence-corrected chi connectivity index (χ1v) is 6.10. The van der Waals surface area contributed by atoms with Crippen LogP contribution in [0.3, 0.4) is 0 Å². The van der Waals surface area contributed by atoms with Gasteiger partial charge in [-0.1, -0.05) is 22.0 Å². The maximum absolute atomic E-state index is 5.71. The molecule has 1 aromatic carbocycles. The van der Waals surface area contributed by atoms with Gasteiger partial charge in [0.25, 0.3) is 0 Å². The maximum atomic E-state index is 5.71. The molecule has 2 rings (SSSR count). The van der Waals surface area contributed by atoms with Crippen molar-refractivity contribution < 1.29 is 4.74 Å². The Bertz CT molecular complexity index is 488. The summed E-state index contributed by atoms with van der Waals surface area (Å²) in [4.78, 5) is 4.20. The third kappa shape index (κ3) is 3.28. The van der Waals surface area contributed by atoms with Gasteiger partial charge in [-0.05, 0) is 30.3 Å². The van der Waals surface area contributed by atoms with Gasteiger partial charge in [0.2, 0.25) is 0 Å². The summed E-state index contributed by atoms with van der Waals surface area (Å²) in [6.45, 7) is 0.909. The molecule has 4 heteroatoms. The Morgan fingerprint density at radius 3 is 2.82 bits per heavy atom. The molecule has 2 N–H and O–H groups in total. The number of rotatable bonds is 4. The van der Waals surface area contributed by atoms with Crippen LogP contribution in [0.4, 0.5) is 0 Å². The standard InChI is InChI=1S/C13H13BrN2O/c14-11-4-5-13(10(7-11)8-15)17-9-12-3-1-2-6-16-12/h1-7H,8-9,15H2. The van der Waals surface area contributed by atoms with Crippen molar-refractivity contribution in [3.05, 3.63) is 58.3 Å². The Kier molecular flexibility index (Phi) is 4.12. The molecule has 0 amide bonds. The second kappa shape index (κ2) is 5.80. The summed E-state index contributed by atoms with van der Waals surface area (Å²) >= 11 is 3.41. The van der Waals surface area contributed by atoms with Crippen molar-refractivity contribution in [2.75, 3.05) is 0 Å². The van der Waals surface area contributed by atoms with Crippen LogP contribution >= 0.6 is 15.9 Å². The van der Waals surface area contributed by atoms with Gasteiger partial charge in [0.15, 0.2) is 0 Å². The molecule has 0 saturated carbocycles. The lowest BCUT2D eigenvalue weighted by atomic mass is 10.2. The average molecular weight is 293 g/mol. The zero-order valence-corrected chi connectivity index (χ0v) is 10.9. The molecule has 0 aliphatic rings. The molecular formula is C13H13BrN2O. The fourth-order valence-corrected chi connectivity index (χ4v) is 1.89. The van der Waals surface area contributed by atoms with Gasteiger partial charge in [-0.15, -0.1) is 0 Å². The number of hydrogen-bond donors (Lipinski definition) is 1. The number of nitrogens with two attached hydrogens (primary N) is 1. The summed E-state index contributed by atoms with van der Waals surface area (Å²) in [6.07, 6.45) is 1.75. The van der Waals surface area contributed by atoms with Crippen LogP contribution in [0, 0.1) is 0 Å². The summed E-state index contributed by atoms with van der Waals surface area (Å²) in [5.74, 6) is 0.807. The fourth-order valence-electron chi connectivity index (χ4n) is 1.48. The molecule has 0 radical (unpaired) electrons. The lowest BCUT2D eigenvalue weighted by molar-refractivity contribution is 0.298. The molecule has 1 heterocycles. The first-order valence-electron chi connectivity index (χ1n) is 5.31. The van der Waals surface area contributed by atoms with E-state index in [9.17, 15) is 0 Å². The van der Waals surface area contributed by atoms with Gasteiger partial charge in [0, 0.05) is 22.8 Å². The molecule has 1 aromatic heterocycles. The molecular weight excluding hydrogens is 280 g/mol. The number of nitrogens with zero attached hydrogens (tertiary/aromatic N) is 1. The number of halogens is 1. The van der Waals surface area contributed by atoms with E-state index in [-0.39, 0.29) is 0 Å². The predicted octanol–water partition coefficient (Wildman–Crippen LogP) is 2.88. The monoisotopic (exact) mass is 292 g/mol. The van der Waals surface area contributed by atoms with Gasteiger partial charge in [-0.2, -0.15) is 0 Å². The fraction of sp³-hybridized carbons (Fsp3) is 0.154. The molecule has 0 fully saturated rings. The van der Waals surface area contributed by atoms with Crippen LogP contribution in [0.1, 0.15) is 11.3 Å². The summed E-state index contributed by atoms with van der Waals surface area (Å²) < 4.78 is 6.71. The quantitative estimate of drug-likeness (QED) is 0.943. The molecule has 3 nitrogen and oxygen atoms in total. The van der Waals surface area contributed by atoms with Crippen molar-refractivity contribution in [2.45, 2.75) is 13.2 Å². The maximum Gasteiger partial charge on any atom is 0.130 e. The first-order chi connectivity index (χ1) is 8.29. The SMILES string of the molecule is NCc1cc(Br)ccc1OCc1ccccn1. The minimum Gasteiger partial charge on any atom is -0.487 e. The average Bonchev–Trinajstić information content (AvgIpc) is 2.38. The van der Waals surface area contributed by atoms with E-state index in [1.807, 2.05) is 36.4 Å². The Morgan fingerprint density at radius 1 is 1.24 bits per heavy atom. The van der Waals surface area contributed by atoms with Gasteiger partial charge in [0.05, 0.1) is 5.69 Å². The molecule has 0 saturated heterocycles. The van der Waals surface area contributed by atoms with E-state index in [2.05, 4.69) is 20.9 Å². The van der Waals surface area contributed by atoms with E-state index in [4.69, 9.17) is 10.5 Å². The van der Waals surface area contributed by atoms with Crippen LogP contribution < -0.4 is 10.5 Å². The lowest BCUT2D eigenvalue weighted by Crippen LogP contribution is -2.03. The largest absolute Gasteiger partial charge is 0.487 e. The van der Waals surface area contributed by atoms with E-state index in [1.54, 1.807) is 6.20 Å². The molecule has 0 aliphatic heterocycles. The van der Waals surface area contributed by atoms with Gasteiger partial charge < -0.3 is 10.5 Å². The van der Waals surface area contributed by atoms with Crippen LogP contribution in [-0.4, -0.2) is 4.98 Å². The number of aromatic nitrogens is 1. The summed E-state index contributed by atoms with van der Waals surface area (Å²) in [6, 6.07) is 11.6. The van der Waals surface area contributed by atoms with Gasteiger partial charge in [-0.25, -0.2) is 0 Å². The zero-order chi connectivity index (χ0) is 12.1. The van der Waals surface area contributed by atoms with E-state index in [1.165, 1.54) is 0 Å². The third-order valence-electron chi connectivity index (χ3n) is 2.34. The molecule has 2 aromatic rings. The molecule has 0 atom stereocenters. The summed E-state index contributed by atoms with van der Waals surface area (Å²) in [7, 11) is 0. The zero-order valence-electron chi connectivity index (χ0n) is 9.27. The van der Waals surface area contributed by atoms with Crippen molar-refractivity contribution >= 4 is 15.9 Å². The second-order valence-corrected chi connectivity index (χ2v) is 4.48. The summed E-state index contributed by atoms with van der Waals surface area (Å²) in [5, 5.41) is 0. The van der Waals surface area contributed by atoms with Crippen molar-refractivity contribution in [3.63, 3.8) is 0 Å². The van der Waals surface area contributed by atoms with E-state index in [0.717, 1.165) is 21.5 Å².